The molecule has 1 aromatic rings. The van der Waals surface area contributed by atoms with E-state index in [-0.39, 0.29) is 12.0 Å². The van der Waals surface area contributed by atoms with Gasteiger partial charge in [0.15, 0.2) is 0 Å². The number of hydrogen-bond donors (Lipinski definition) is 1. The first kappa shape index (κ1) is 11.6. The zero-order valence-electron chi connectivity index (χ0n) is 9.85. The van der Waals surface area contributed by atoms with Crippen LogP contribution in [0, 0.1) is 5.41 Å². The Morgan fingerprint density at radius 3 is 2.82 bits per heavy atom. The lowest BCUT2D eigenvalue weighted by Crippen LogP contribution is -2.38. The number of carbonyl (C=O) groups excluding carboxylic acids is 1. The van der Waals surface area contributed by atoms with Gasteiger partial charge in [-0.2, -0.15) is 0 Å². The van der Waals surface area contributed by atoms with E-state index in [1.54, 1.807) is 0 Å². The highest BCUT2D eigenvalue weighted by Crippen LogP contribution is 2.22. The zero-order chi connectivity index (χ0) is 12.3. The van der Waals surface area contributed by atoms with Crippen LogP contribution >= 0.6 is 0 Å². The van der Waals surface area contributed by atoms with E-state index in [1.807, 2.05) is 35.2 Å². The Morgan fingerprint density at radius 2 is 2.18 bits per heavy atom. The molecule has 1 aliphatic rings. The molecule has 1 unspecified atom stereocenters. The number of esters is 1. The Morgan fingerprint density at radius 1 is 1.47 bits per heavy atom. The molecule has 0 aliphatic carbocycles. The van der Waals surface area contributed by atoms with E-state index in [1.165, 1.54) is 7.11 Å². The first-order valence-electron chi connectivity index (χ1n) is 5.68. The number of rotatable bonds is 3. The van der Waals surface area contributed by atoms with Gasteiger partial charge in [0.1, 0.15) is 6.04 Å². The quantitative estimate of drug-likeness (QED) is 0.808. The van der Waals surface area contributed by atoms with Crippen LogP contribution in [0.25, 0.3) is 0 Å². The van der Waals surface area contributed by atoms with E-state index in [0.717, 1.165) is 5.56 Å². The third-order valence-electron chi connectivity index (χ3n) is 3.05. The number of methoxy groups -OCH3 is 1. The van der Waals surface area contributed by atoms with Gasteiger partial charge in [-0.25, -0.2) is 4.79 Å². The third-order valence-corrected chi connectivity index (χ3v) is 3.05. The van der Waals surface area contributed by atoms with Crippen molar-refractivity contribution >= 4 is 11.8 Å². The van der Waals surface area contributed by atoms with E-state index < -0.39 is 0 Å². The van der Waals surface area contributed by atoms with Crippen LogP contribution in [0.15, 0.2) is 30.3 Å². The summed E-state index contributed by atoms with van der Waals surface area (Å²) in [6.07, 6.45) is 1.32. The molecule has 0 amide bonds. The molecule has 2 rings (SSSR count). The summed E-state index contributed by atoms with van der Waals surface area (Å²) in [5, 5.41) is 7.87. The van der Waals surface area contributed by atoms with Crippen molar-refractivity contribution in [1.29, 1.82) is 5.41 Å². The minimum absolute atomic E-state index is 0.247. The normalized spacial score (nSPS) is 19.5. The summed E-state index contributed by atoms with van der Waals surface area (Å²) in [5.74, 6) is 0.271. The maximum atomic E-state index is 11.6. The summed E-state index contributed by atoms with van der Waals surface area (Å²) in [5.41, 5.74) is 1.10. The highest BCUT2D eigenvalue weighted by Gasteiger charge is 2.34. The van der Waals surface area contributed by atoms with Crippen molar-refractivity contribution < 1.29 is 9.53 Å². The van der Waals surface area contributed by atoms with Crippen molar-refractivity contribution in [3.63, 3.8) is 0 Å². The summed E-state index contributed by atoms with van der Waals surface area (Å²) < 4.78 is 4.77. The van der Waals surface area contributed by atoms with Gasteiger partial charge in [-0.05, 0) is 12.0 Å². The Balaban J connectivity index is 2.12. The Bertz CT molecular complexity index is 417. The summed E-state index contributed by atoms with van der Waals surface area (Å²) in [6.45, 7) is 0.597. The summed E-state index contributed by atoms with van der Waals surface area (Å²) in [6, 6.07) is 9.58. The van der Waals surface area contributed by atoms with Gasteiger partial charge >= 0.3 is 5.97 Å². The van der Waals surface area contributed by atoms with Crippen molar-refractivity contribution in [2.24, 2.45) is 0 Å². The summed E-state index contributed by atoms with van der Waals surface area (Å²) in [7, 11) is 1.39. The lowest BCUT2D eigenvalue weighted by atomic mass is 10.2. The van der Waals surface area contributed by atoms with Crippen LogP contribution in [-0.4, -0.2) is 29.9 Å². The van der Waals surface area contributed by atoms with Gasteiger partial charge in [0.25, 0.3) is 0 Å². The first-order valence-corrected chi connectivity index (χ1v) is 5.68. The molecule has 1 heterocycles. The van der Waals surface area contributed by atoms with Crippen LogP contribution in [0.3, 0.4) is 0 Å². The monoisotopic (exact) mass is 232 g/mol. The third kappa shape index (κ3) is 2.46. The van der Waals surface area contributed by atoms with Crippen LogP contribution in [0.4, 0.5) is 0 Å². The van der Waals surface area contributed by atoms with Crippen molar-refractivity contribution in [3.05, 3.63) is 35.9 Å². The predicted molar refractivity (Wildman–Crippen MR) is 64.7 cm³/mol. The van der Waals surface area contributed by atoms with Gasteiger partial charge in [0.05, 0.1) is 12.9 Å². The fraction of sp³-hybridized carbons (Fsp3) is 0.385. The van der Waals surface area contributed by atoms with Crippen LogP contribution in [0.2, 0.25) is 0 Å². The molecule has 17 heavy (non-hydrogen) atoms. The minimum Gasteiger partial charge on any atom is -0.467 e. The fourth-order valence-corrected chi connectivity index (χ4v) is 2.13. The second-order valence-electron chi connectivity index (χ2n) is 4.14. The maximum absolute atomic E-state index is 11.6. The van der Waals surface area contributed by atoms with E-state index in [4.69, 9.17) is 10.1 Å². The number of ether oxygens (including phenoxy) is 1. The van der Waals surface area contributed by atoms with Gasteiger partial charge in [0, 0.05) is 13.0 Å². The number of nitrogens with one attached hydrogen (secondary N) is 1. The molecule has 4 nitrogen and oxygen atoms in total. The molecule has 0 bridgehead atoms. The number of carbonyl (C=O) groups is 1. The maximum Gasteiger partial charge on any atom is 0.328 e. The average molecular weight is 232 g/mol. The van der Waals surface area contributed by atoms with Crippen LogP contribution in [-0.2, 0) is 16.1 Å². The summed E-state index contributed by atoms with van der Waals surface area (Å²) in [4.78, 5) is 13.4. The van der Waals surface area contributed by atoms with E-state index in [2.05, 4.69) is 0 Å². The molecule has 1 atom stereocenters. The summed E-state index contributed by atoms with van der Waals surface area (Å²) >= 11 is 0. The second-order valence-corrected chi connectivity index (χ2v) is 4.14. The van der Waals surface area contributed by atoms with E-state index in [9.17, 15) is 4.79 Å². The fourth-order valence-electron chi connectivity index (χ4n) is 2.13. The Hall–Kier alpha value is -1.84. The molecule has 1 fully saturated rings. The van der Waals surface area contributed by atoms with Gasteiger partial charge in [-0.3, -0.25) is 5.41 Å². The molecule has 1 N–H and O–H groups in total. The number of amidine groups is 1. The molecule has 1 aromatic carbocycles. The number of hydrogen-bond acceptors (Lipinski definition) is 3. The van der Waals surface area contributed by atoms with Crippen LogP contribution in [0.1, 0.15) is 18.4 Å². The average Bonchev–Trinajstić information content (AvgIpc) is 2.72. The molecule has 0 spiro atoms. The molecule has 0 aromatic heterocycles. The number of benzene rings is 1. The SMILES string of the molecule is COC(=O)C1CCC(=N)N1Cc1ccccc1. The van der Waals surface area contributed by atoms with E-state index in [0.29, 0.717) is 25.2 Å². The predicted octanol–water partition coefficient (Wildman–Crippen LogP) is 1.80. The highest BCUT2D eigenvalue weighted by atomic mass is 16.5. The first-order chi connectivity index (χ1) is 8.22. The minimum atomic E-state index is -0.298. The second kappa shape index (κ2) is 4.99. The molecular weight excluding hydrogens is 216 g/mol. The Kier molecular flexibility index (Phi) is 3.42. The zero-order valence-corrected chi connectivity index (χ0v) is 9.85. The number of nitrogens with zero attached hydrogens (tertiary/aromatic N) is 1. The Labute approximate surface area is 101 Å². The van der Waals surface area contributed by atoms with Crippen LogP contribution < -0.4 is 0 Å². The molecule has 1 saturated heterocycles. The van der Waals surface area contributed by atoms with Crippen molar-refractivity contribution in [2.75, 3.05) is 7.11 Å². The molecular formula is C13H16N2O2. The molecule has 4 heteroatoms. The van der Waals surface area contributed by atoms with Crippen molar-refractivity contribution in [3.8, 4) is 0 Å². The lowest BCUT2D eigenvalue weighted by Gasteiger charge is -2.24. The van der Waals surface area contributed by atoms with Crippen LogP contribution in [0.5, 0.6) is 0 Å². The van der Waals surface area contributed by atoms with Gasteiger partial charge in [0.2, 0.25) is 0 Å². The topological polar surface area (TPSA) is 53.4 Å². The van der Waals surface area contributed by atoms with Gasteiger partial charge in [-0.1, -0.05) is 30.3 Å². The number of likely N-dealkylation sites (tertiary alicyclic amines) is 1. The largest absolute Gasteiger partial charge is 0.467 e. The molecule has 90 valence electrons. The smallest absolute Gasteiger partial charge is 0.328 e. The lowest BCUT2D eigenvalue weighted by molar-refractivity contribution is -0.145. The molecule has 0 radical (unpaired) electrons. The highest BCUT2D eigenvalue weighted by molar-refractivity contribution is 5.89. The molecule has 1 aliphatic heterocycles. The van der Waals surface area contributed by atoms with Gasteiger partial charge < -0.3 is 9.64 Å². The molecule has 0 saturated carbocycles. The standard InChI is InChI=1S/C13H16N2O2/c1-17-13(16)11-7-8-12(14)15(11)9-10-5-3-2-4-6-10/h2-6,11,14H,7-9H2,1H3. The van der Waals surface area contributed by atoms with Crippen molar-refractivity contribution in [1.82, 2.24) is 4.90 Å². The van der Waals surface area contributed by atoms with Gasteiger partial charge in [-0.15, -0.1) is 0 Å². The van der Waals surface area contributed by atoms with Crippen molar-refractivity contribution in [2.45, 2.75) is 25.4 Å². The van der Waals surface area contributed by atoms with E-state index >= 15 is 0 Å².